The first-order valence-corrected chi connectivity index (χ1v) is 9.55. The number of rotatable bonds is 8. The average molecular weight is 365 g/mol. The Morgan fingerprint density at radius 3 is 2.41 bits per heavy atom. The molecule has 2 aromatic carbocycles. The van der Waals surface area contributed by atoms with Crippen LogP contribution in [0.5, 0.6) is 5.75 Å². The first-order chi connectivity index (χ1) is 13.2. The Hall–Kier alpha value is -2.79. The number of para-hydroxylation sites is 2. The van der Waals surface area contributed by atoms with Crippen molar-refractivity contribution < 1.29 is 9.90 Å². The molecule has 0 atom stereocenters. The molecule has 0 aliphatic rings. The van der Waals surface area contributed by atoms with Gasteiger partial charge in [0.15, 0.2) is 11.4 Å². The Morgan fingerprint density at radius 2 is 1.70 bits per heavy atom. The maximum Gasteiger partial charge on any atom is 0.272 e. The van der Waals surface area contributed by atoms with Crippen LogP contribution in [0, 0.1) is 0 Å². The fraction of sp³-hybridized carbons (Fsp3) is 0.318. The van der Waals surface area contributed by atoms with Gasteiger partial charge in [-0.3, -0.25) is 4.79 Å². The van der Waals surface area contributed by atoms with Crippen LogP contribution in [0.2, 0.25) is 0 Å². The minimum absolute atomic E-state index is 0.0238. The second-order valence-electron chi connectivity index (χ2n) is 6.52. The summed E-state index contributed by atoms with van der Waals surface area (Å²) in [5.41, 5.74) is 1.95. The molecule has 1 amide bonds. The third-order valence-corrected chi connectivity index (χ3v) is 4.91. The highest BCUT2D eigenvalue weighted by molar-refractivity contribution is 6.05. The summed E-state index contributed by atoms with van der Waals surface area (Å²) in [5, 5.41) is 14.4. The Bertz CT molecular complexity index is 899. The Labute approximate surface area is 160 Å². The molecule has 1 heterocycles. The highest BCUT2D eigenvalue weighted by Crippen LogP contribution is 2.34. The van der Waals surface area contributed by atoms with Gasteiger partial charge in [0.1, 0.15) is 0 Å². The van der Waals surface area contributed by atoms with E-state index < -0.39 is 0 Å². The van der Waals surface area contributed by atoms with E-state index in [1.807, 2.05) is 59.2 Å². The van der Waals surface area contributed by atoms with Crippen LogP contribution in [0.3, 0.4) is 0 Å². The molecule has 0 spiro atoms. The number of aromatic nitrogens is 1. The molecule has 3 rings (SSSR count). The molecule has 3 aromatic rings. The minimum Gasteiger partial charge on any atom is -0.505 e. The molecule has 0 unspecified atom stereocenters. The zero-order valence-electron chi connectivity index (χ0n) is 16.0. The van der Waals surface area contributed by atoms with Crippen molar-refractivity contribution in [1.82, 2.24) is 14.8 Å². The smallest absolute Gasteiger partial charge is 0.272 e. The molecule has 0 saturated carbocycles. The van der Waals surface area contributed by atoms with Crippen LogP contribution >= 0.6 is 0 Å². The van der Waals surface area contributed by atoms with Gasteiger partial charge in [-0.05, 0) is 50.3 Å². The number of fused-ring (bicyclic) bond motifs is 1. The summed E-state index contributed by atoms with van der Waals surface area (Å²) in [6, 6.07) is 17.2. The van der Waals surface area contributed by atoms with Crippen molar-refractivity contribution in [3.05, 3.63) is 60.3 Å². The first-order valence-electron chi connectivity index (χ1n) is 9.55. The van der Waals surface area contributed by atoms with Crippen LogP contribution in [0.4, 0.5) is 0 Å². The Morgan fingerprint density at radius 1 is 1.04 bits per heavy atom. The van der Waals surface area contributed by atoms with E-state index in [1.54, 1.807) is 0 Å². The Balaban J connectivity index is 1.87. The number of hydrogen-bond acceptors (Lipinski definition) is 3. The van der Waals surface area contributed by atoms with Gasteiger partial charge in [-0.2, -0.15) is 0 Å². The van der Waals surface area contributed by atoms with E-state index in [0.29, 0.717) is 11.9 Å². The van der Waals surface area contributed by atoms with Crippen molar-refractivity contribution >= 4 is 16.8 Å². The largest absolute Gasteiger partial charge is 0.505 e. The highest BCUT2D eigenvalue weighted by Gasteiger charge is 2.23. The summed E-state index contributed by atoms with van der Waals surface area (Å²) in [7, 11) is 0. The zero-order chi connectivity index (χ0) is 19.2. The highest BCUT2D eigenvalue weighted by atomic mass is 16.3. The number of carbonyl (C=O) groups excluding carboxylic acids is 1. The summed E-state index contributed by atoms with van der Waals surface area (Å²) >= 11 is 0. The van der Waals surface area contributed by atoms with Gasteiger partial charge >= 0.3 is 0 Å². The zero-order valence-corrected chi connectivity index (χ0v) is 16.0. The lowest BCUT2D eigenvalue weighted by molar-refractivity contribution is 0.0942. The van der Waals surface area contributed by atoms with Crippen molar-refractivity contribution in [2.24, 2.45) is 0 Å². The van der Waals surface area contributed by atoms with E-state index in [0.717, 1.165) is 37.3 Å². The SMILES string of the molecule is CCN(CC)CCCNC(=O)c1c(O)c2ccccc2n1-c1ccccc1. The molecular formula is C22H27N3O2. The van der Waals surface area contributed by atoms with Crippen molar-refractivity contribution in [3.63, 3.8) is 0 Å². The third kappa shape index (κ3) is 3.98. The number of amides is 1. The topological polar surface area (TPSA) is 57.5 Å². The number of nitrogens with one attached hydrogen (secondary N) is 1. The van der Waals surface area contributed by atoms with Crippen molar-refractivity contribution in [3.8, 4) is 11.4 Å². The summed E-state index contributed by atoms with van der Waals surface area (Å²) in [4.78, 5) is 15.2. The van der Waals surface area contributed by atoms with E-state index in [-0.39, 0.29) is 17.4 Å². The molecule has 0 bridgehead atoms. The number of benzene rings is 2. The minimum atomic E-state index is -0.257. The van der Waals surface area contributed by atoms with E-state index in [2.05, 4.69) is 24.1 Å². The van der Waals surface area contributed by atoms with Crippen molar-refractivity contribution in [1.29, 1.82) is 0 Å². The van der Waals surface area contributed by atoms with Gasteiger partial charge in [0, 0.05) is 17.6 Å². The van der Waals surface area contributed by atoms with Gasteiger partial charge in [0.2, 0.25) is 0 Å². The third-order valence-electron chi connectivity index (χ3n) is 4.91. The van der Waals surface area contributed by atoms with Gasteiger partial charge < -0.3 is 19.9 Å². The summed E-state index contributed by atoms with van der Waals surface area (Å²) in [6.45, 7) is 7.81. The lowest BCUT2D eigenvalue weighted by Crippen LogP contribution is -2.30. The number of hydrogen-bond donors (Lipinski definition) is 2. The molecular weight excluding hydrogens is 338 g/mol. The fourth-order valence-electron chi connectivity index (χ4n) is 3.41. The molecule has 0 radical (unpaired) electrons. The fourth-order valence-corrected chi connectivity index (χ4v) is 3.41. The van der Waals surface area contributed by atoms with Crippen LogP contribution < -0.4 is 5.32 Å². The molecule has 5 heteroatoms. The maximum atomic E-state index is 12.9. The van der Waals surface area contributed by atoms with Gasteiger partial charge in [0.05, 0.1) is 5.52 Å². The van der Waals surface area contributed by atoms with Crippen LogP contribution in [0.25, 0.3) is 16.6 Å². The lowest BCUT2D eigenvalue weighted by Gasteiger charge is -2.18. The molecule has 0 fully saturated rings. The molecule has 0 saturated heterocycles. The van der Waals surface area contributed by atoms with Gasteiger partial charge in [0.25, 0.3) is 5.91 Å². The molecule has 27 heavy (non-hydrogen) atoms. The standard InChI is InChI=1S/C22H27N3O2/c1-3-24(4-2)16-10-15-23-22(27)20-21(26)18-13-8-9-14-19(18)25(20)17-11-6-5-7-12-17/h5-9,11-14,26H,3-4,10,15-16H2,1-2H3,(H,23,27). The molecule has 0 aliphatic heterocycles. The summed E-state index contributed by atoms with van der Waals surface area (Å²) in [6.07, 6.45) is 0.875. The Kier molecular flexibility index (Phi) is 6.14. The number of nitrogens with zero attached hydrogens (tertiary/aromatic N) is 2. The van der Waals surface area contributed by atoms with Crippen LogP contribution in [-0.2, 0) is 0 Å². The predicted octanol–water partition coefficient (Wildman–Crippen LogP) is 3.80. The summed E-state index contributed by atoms with van der Waals surface area (Å²) in [5.74, 6) is -0.234. The van der Waals surface area contributed by atoms with Crippen LogP contribution in [-0.4, -0.2) is 46.7 Å². The van der Waals surface area contributed by atoms with Gasteiger partial charge in [-0.1, -0.05) is 44.2 Å². The molecule has 142 valence electrons. The van der Waals surface area contributed by atoms with E-state index in [4.69, 9.17) is 0 Å². The molecule has 0 aliphatic carbocycles. The van der Waals surface area contributed by atoms with Crippen molar-refractivity contribution in [2.75, 3.05) is 26.2 Å². The average Bonchev–Trinajstić information content (AvgIpc) is 3.01. The second-order valence-corrected chi connectivity index (χ2v) is 6.52. The van der Waals surface area contributed by atoms with Gasteiger partial charge in [-0.15, -0.1) is 0 Å². The van der Waals surface area contributed by atoms with Gasteiger partial charge in [-0.25, -0.2) is 0 Å². The van der Waals surface area contributed by atoms with E-state index in [9.17, 15) is 9.90 Å². The second kappa shape index (κ2) is 8.73. The summed E-state index contributed by atoms with van der Waals surface area (Å²) < 4.78 is 1.82. The number of aromatic hydroxyl groups is 1. The van der Waals surface area contributed by atoms with Crippen LogP contribution in [0.15, 0.2) is 54.6 Å². The predicted molar refractivity (Wildman–Crippen MR) is 110 cm³/mol. The lowest BCUT2D eigenvalue weighted by atomic mass is 10.2. The molecule has 1 aromatic heterocycles. The first kappa shape index (κ1) is 19.0. The molecule has 2 N–H and O–H groups in total. The molecule has 5 nitrogen and oxygen atoms in total. The maximum absolute atomic E-state index is 12.9. The monoisotopic (exact) mass is 365 g/mol. The normalized spacial score (nSPS) is 11.2. The van der Waals surface area contributed by atoms with Crippen LogP contribution in [0.1, 0.15) is 30.8 Å². The van der Waals surface area contributed by atoms with E-state index >= 15 is 0 Å². The van der Waals surface area contributed by atoms with Crippen molar-refractivity contribution in [2.45, 2.75) is 20.3 Å². The quantitative estimate of drug-likeness (QED) is 0.597. The number of carbonyl (C=O) groups is 1. The van der Waals surface area contributed by atoms with E-state index in [1.165, 1.54) is 0 Å².